The van der Waals surface area contributed by atoms with Crippen molar-refractivity contribution in [3.05, 3.63) is 29.3 Å². The molecule has 0 aliphatic heterocycles. The minimum atomic E-state index is 0.383. The van der Waals surface area contributed by atoms with E-state index in [9.17, 15) is 5.11 Å². The van der Waals surface area contributed by atoms with Crippen molar-refractivity contribution in [2.45, 2.75) is 13.3 Å². The first-order chi connectivity index (χ1) is 5.25. The normalized spacial score (nSPS) is 10.0. The fraction of sp³-hybridized carbons (Fsp3) is 0.333. The molecule has 0 atom stereocenters. The lowest BCUT2D eigenvalue weighted by molar-refractivity contribution is 0.465. The van der Waals surface area contributed by atoms with E-state index in [-0.39, 0.29) is 0 Å². The van der Waals surface area contributed by atoms with Crippen molar-refractivity contribution in [2.24, 2.45) is 0 Å². The number of alkyl halides is 1. The van der Waals surface area contributed by atoms with Gasteiger partial charge in [-0.2, -0.15) is 0 Å². The van der Waals surface area contributed by atoms with E-state index in [2.05, 4.69) is 0 Å². The molecule has 0 fully saturated rings. The van der Waals surface area contributed by atoms with Crippen LogP contribution in [0.5, 0.6) is 5.75 Å². The fourth-order valence-corrected chi connectivity index (χ4v) is 1.23. The summed E-state index contributed by atoms with van der Waals surface area (Å²) in [4.78, 5) is 0. The number of aromatic hydroxyl groups is 1. The van der Waals surface area contributed by atoms with E-state index in [1.54, 1.807) is 0 Å². The van der Waals surface area contributed by atoms with E-state index in [1.807, 2.05) is 25.1 Å². The number of hydrogen-bond acceptors (Lipinski definition) is 1. The van der Waals surface area contributed by atoms with Gasteiger partial charge in [0.05, 0.1) is 0 Å². The first-order valence-electron chi connectivity index (χ1n) is 3.59. The number of aryl methyl sites for hydroxylation is 2. The first-order valence-corrected chi connectivity index (χ1v) is 4.12. The van der Waals surface area contributed by atoms with Gasteiger partial charge in [0.15, 0.2) is 0 Å². The standard InChI is InChI=1S/C9H11ClO/c1-7-3-2-4-8(5-6-10)9(7)11/h2-4,11H,5-6H2,1H3. The Labute approximate surface area is 71.6 Å². The van der Waals surface area contributed by atoms with Gasteiger partial charge >= 0.3 is 0 Å². The maximum absolute atomic E-state index is 9.47. The van der Waals surface area contributed by atoms with Crippen LogP contribution in [0.1, 0.15) is 11.1 Å². The van der Waals surface area contributed by atoms with Crippen LogP contribution in [-0.2, 0) is 6.42 Å². The topological polar surface area (TPSA) is 20.2 Å². The molecule has 60 valence electrons. The predicted octanol–water partition coefficient (Wildman–Crippen LogP) is 2.48. The van der Waals surface area contributed by atoms with Crippen LogP contribution in [0.25, 0.3) is 0 Å². The van der Waals surface area contributed by atoms with Gasteiger partial charge in [0.1, 0.15) is 5.75 Å². The van der Waals surface area contributed by atoms with Crippen LogP contribution in [0.4, 0.5) is 0 Å². The number of benzene rings is 1. The van der Waals surface area contributed by atoms with Crippen LogP contribution < -0.4 is 0 Å². The van der Waals surface area contributed by atoms with Gasteiger partial charge in [0.2, 0.25) is 0 Å². The van der Waals surface area contributed by atoms with E-state index in [1.165, 1.54) is 0 Å². The average molecular weight is 171 g/mol. The first kappa shape index (κ1) is 8.41. The Balaban J connectivity index is 2.96. The van der Waals surface area contributed by atoms with Crippen LogP contribution in [-0.4, -0.2) is 11.0 Å². The highest BCUT2D eigenvalue weighted by molar-refractivity contribution is 6.18. The molecule has 0 amide bonds. The SMILES string of the molecule is Cc1cccc(CCCl)c1O. The number of hydrogen-bond donors (Lipinski definition) is 1. The summed E-state index contributed by atoms with van der Waals surface area (Å²) in [5.74, 6) is 0.935. The van der Waals surface area contributed by atoms with Crippen LogP contribution in [0.3, 0.4) is 0 Å². The molecule has 0 aromatic heterocycles. The third-order valence-electron chi connectivity index (χ3n) is 1.69. The summed E-state index contributed by atoms with van der Waals surface area (Å²) < 4.78 is 0. The number of phenols is 1. The van der Waals surface area contributed by atoms with Crippen molar-refractivity contribution >= 4 is 11.6 Å². The molecule has 1 aromatic rings. The minimum Gasteiger partial charge on any atom is -0.507 e. The zero-order valence-electron chi connectivity index (χ0n) is 6.47. The van der Waals surface area contributed by atoms with Crippen LogP contribution in [0.2, 0.25) is 0 Å². The molecule has 0 aliphatic rings. The molecule has 0 saturated heterocycles. The predicted molar refractivity (Wildman–Crippen MR) is 47.3 cm³/mol. The minimum absolute atomic E-state index is 0.383. The maximum Gasteiger partial charge on any atom is 0.121 e. The van der Waals surface area contributed by atoms with E-state index in [0.29, 0.717) is 11.6 Å². The van der Waals surface area contributed by atoms with Gasteiger partial charge in [-0.05, 0) is 24.5 Å². The van der Waals surface area contributed by atoms with Crippen molar-refractivity contribution in [1.29, 1.82) is 0 Å². The monoisotopic (exact) mass is 170 g/mol. The van der Waals surface area contributed by atoms with E-state index >= 15 is 0 Å². The molecule has 11 heavy (non-hydrogen) atoms. The van der Waals surface area contributed by atoms with Gasteiger partial charge in [0.25, 0.3) is 0 Å². The lowest BCUT2D eigenvalue weighted by atomic mass is 10.1. The van der Waals surface area contributed by atoms with Gasteiger partial charge in [-0.25, -0.2) is 0 Å². The highest BCUT2D eigenvalue weighted by Gasteiger charge is 2.01. The van der Waals surface area contributed by atoms with Crippen molar-refractivity contribution in [1.82, 2.24) is 0 Å². The van der Waals surface area contributed by atoms with Crippen molar-refractivity contribution < 1.29 is 5.11 Å². The third kappa shape index (κ3) is 1.87. The molecule has 1 nitrogen and oxygen atoms in total. The van der Waals surface area contributed by atoms with Crippen molar-refractivity contribution in [3.8, 4) is 5.75 Å². The fourth-order valence-electron chi connectivity index (χ4n) is 1.02. The number of halogens is 1. The Morgan fingerprint density at radius 3 is 2.82 bits per heavy atom. The summed E-state index contributed by atoms with van der Waals surface area (Å²) >= 11 is 5.55. The highest BCUT2D eigenvalue weighted by Crippen LogP contribution is 2.21. The number of phenolic OH excluding ortho intramolecular Hbond substituents is 1. The second kappa shape index (κ2) is 3.63. The van der Waals surface area contributed by atoms with E-state index in [0.717, 1.165) is 17.5 Å². The quantitative estimate of drug-likeness (QED) is 0.677. The van der Waals surface area contributed by atoms with Gasteiger partial charge in [-0.1, -0.05) is 18.2 Å². The molecule has 2 heteroatoms. The van der Waals surface area contributed by atoms with Gasteiger partial charge < -0.3 is 5.11 Å². The highest BCUT2D eigenvalue weighted by atomic mass is 35.5. The Morgan fingerprint density at radius 2 is 2.18 bits per heavy atom. The molecule has 0 bridgehead atoms. The molecule has 0 aliphatic carbocycles. The molecule has 1 N–H and O–H groups in total. The van der Waals surface area contributed by atoms with Crippen LogP contribution in [0, 0.1) is 6.92 Å². The molecule has 0 saturated carbocycles. The molecule has 0 heterocycles. The summed E-state index contributed by atoms with van der Waals surface area (Å²) in [5.41, 5.74) is 1.84. The van der Waals surface area contributed by atoms with E-state index in [4.69, 9.17) is 11.6 Å². The molecule has 1 rings (SSSR count). The Hall–Kier alpha value is -0.690. The largest absolute Gasteiger partial charge is 0.507 e. The molecule has 0 unspecified atom stereocenters. The van der Waals surface area contributed by atoms with Gasteiger partial charge in [-0.3, -0.25) is 0 Å². The van der Waals surface area contributed by atoms with Gasteiger partial charge in [-0.15, -0.1) is 11.6 Å². The molecule has 0 radical (unpaired) electrons. The van der Waals surface area contributed by atoms with Crippen LogP contribution in [0.15, 0.2) is 18.2 Å². The van der Waals surface area contributed by atoms with Crippen molar-refractivity contribution in [2.75, 3.05) is 5.88 Å². The molecule has 1 aromatic carbocycles. The Bertz CT molecular complexity index is 245. The zero-order valence-corrected chi connectivity index (χ0v) is 7.23. The smallest absolute Gasteiger partial charge is 0.121 e. The average Bonchev–Trinajstić information content (AvgIpc) is 1.99. The Morgan fingerprint density at radius 1 is 1.45 bits per heavy atom. The van der Waals surface area contributed by atoms with E-state index < -0.39 is 0 Å². The summed E-state index contributed by atoms with van der Waals surface area (Å²) in [6.45, 7) is 1.88. The lowest BCUT2D eigenvalue weighted by Gasteiger charge is -2.03. The van der Waals surface area contributed by atoms with Crippen molar-refractivity contribution in [3.63, 3.8) is 0 Å². The molecular weight excluding hydrogens is 160 g/mol. The maximum atomic E-state index is 9.47. The third-order valence-corrected chi connectivity index (χ3v) is 1.87. The Kier molecular flexibility index (Phi) is 2.77. The summed E-state index contributed by atoms with van der Waals surface area (Å²) in [5, 5.41) is 9.47. The number of rotatable bonds is 2. The molecular formula is C9H11ClO. The second-order valence-electron chi connectivity index (χ2n) is 2.52. The summed E-state index contributed by atoms with van der Waals surface area (Å²) in [6, 6.07) is 5.70. The zero-order chi connectivity index (χ0) is 8.27. The lowest BCUT2D eigenvalue weighted by Crippen LogP contribution is -1.88. The van der Waals surface area contributed by atoms with Crippen LogP contribution >= 0.6 is 11.6 Å². The number of para-hydroxylation sites is 1. The summed E-state index contributed by atoms with van der Waals surface area (Å²) in [7, 11) is 0. The van der Waals surface area contributed by atoms with Gasteiger partial charge in [0, 0.05) is 5.88 Å². The summed E-state index contributed by atoms with van der Waals surface area (Å²) in [6.07, 6.45) is 0.731. The molecule has 0 spiro atoms. The second-order valence-corrected chi connectivity index (χ2v) is 2.90.